The second kappa shape index (κ2) is 6.18. The Morgan fingerprint density at radius 1 is 1.14 bits per heavy atom. The van der Waals surface area contributed by atoms with Gasteiger partial charge in [-0.3, -0.25) is 4.79 Å². The standard InChI is InChI=1S/C16H22O5/c17-14(21-11-4-2-1-3-5-11)9-20-16(19)13-8-10-6-7-12(13)15(10)18/h6-7,10-13,15,18H,1-5,8-9H2. The Hall–Kier alpha value is -1.36. The molecule has 5 nitrogen and oxygen atoms in total. The highest BCUT2D eigenvalue weighted by molar-refractivity contribution is 5.78. The maximum Gasteiger partial charge on any atom is 0.344 e. The Morgan fingerprint density at radius 2 is 1.90 bits per heavy atom. The van der Waals surface area contributed by atoms with Crippen LogP contribution in [0.3, 0.4) is 0 Å². The third kappa shape index (κ3) is 3.12. The predicted molar refractivity (Wildman–Crippen MR) is 74.2 cm³/mol. The summed E-state index contributed by atoms with van der Waals surface area (Å²) >= 11 is 0. The van der Waals surface area contributed by atoms with Crippen molar-refractivity contribution < 1.29 is 24.2 Å². The summed E-state index contributed by atoms with van der Waals surface area (Å²) in [5.74, 6) is -1.28. The Labute approximate surface area is 124 Å². The van der Waals surface area contributed by atoms with Crippen LogP contribution >= 0.6 is 0 Å². The molecule has 3 aliphatic carbocycles. The molecule has 0 aromatic carbocycles. The Morgan fingerprint density at radius 3 is 2.52 bits per heavy atom. The highest BCUT2D eigenvalue weighted by atomic mass is 16.6. The molecular weight excluding hydrogens is 272 g/mol. The molecule has 1 N–H and O–H groups in total. The first-order chi connectivity index (χ1) is 10.1. The minimum atomic E-state index is -0.475. The fourth-order valence-corrected chi connectivity index (χ4v) is 3.72. The summed E-state index contributed by atoms with van der Waals surface area (Å²) < 4.78 is 10.4. The molecule has 0 amide bonds. The zero-order chi connectivity index (χ0) is 14.8. The fraction of sp³-hybridized carbons (Fsp3) is 0.750. The first kappa shape index (κ1) is 14.6. The molecule has 0 heterocycles. The van der Waals surface area contributed by atoms with E-state index in [1.54, 1.807) is 0 Å². The van der Waals surface area contributed by atoms with Crippen LogP contribution in [0.25, 0.3) is 0 Å². The molecule has 0 aromatic rings. The summed E-state index contributed by atoms with van der Waals surface area (Å²) in [7, 11) is 0. The van der Waals surface area contributed by atoms with E-state index in [9.17, 15) is 14.7 Å². The average Bonchev–Trinajstić information content (AvgIpc) is 3.01. The maximum atomic E-state index is 12.0. The van der Waals surface area contributed by atoms with Crippen molar-refractivity contribution in [2.45, 2.75) is 50.7 Å². The normalized spacial score (nSPS) is 34.9. The van der Waals surface area contributed by atoms with Crippen molar-refractivity contribution in [3.63, 3.8) is 0 Å². The quantitative estimate of drug-likeness (QED) is 0.629. The predicted octanol–water partition coefficient (Wildman–Crippen LogP) is 1.59. The lowest BCUT2D eigenvalue weighted by Crippen LogP contribution is -2.28. The maximum absolute atomic E-state index is 12.0. The van der Waals surface area contributed by atoms with Crippen LogP contribution in [0.1, 0.15) is 38.5 Å². The first-order valence-electron chi connectivity index (χ1n) is 7.87. The van der Waals surface area contributed by atoms with Crippen LogP contribution in [0.15, 0.2) is 12.2 Å². The molecule has 3 aliphatic rings. The van der Waals surface area contributed by atoms with Crippen molar-refractivity contribution in [3.05, 3.63) is 12.2 Å². The smallest absolute Gasteiger partial charge is 0.344 e. The number of hydrogen-bond acceptors (Lipinski definition) is 5. The van der Waals surface area contributed by atoms with Crippen LogP contribution in [0.5, 0.6) is 0 Å². The molecule has 0 aliphatic heterocycles. The Balaban J connectivity index is 1.41. The zero-order valence-electron chi connectivity index (χ0n) is 12.1. The van der Waals surface area contributed by atoms with E-state index in [2.05, 4.69) is 0 Å². The van der Waals surface area contributed by atoms with Gasteiger partial charge in [0.05, 0.1) is 12.0 Å². The van der Waals surface area contributed by atoms with Gasteiger partial charge < -0.3 is 14.6 Å². The lowest BCUT2D eigenvalue weighted by atomic mass is 9.94. The monoisotopic (exact) mass is 294 g/mol. The second-order valence-corrected chi connectivity index (χ2v) is 6.32. The molecule has 0 aromatic heterocycles. The highest BCUT2D eigenvalue weighted by Crippen LogP contribution is 2.44. The fourth-order valence-electron chi connectivity index (χ4n) is 3.72. The number of fused-ring (bicyclic) bond motifs is 2. The molecule has 0 radical (unpaired) electrons. The van der Waals surface area contributed by atoms with E-state index in [-0.39, 0.29) is 30.5 Å². The van der Waals surface area contributed by atoms with Crippen molar-refractivity contribution in [1.82, 2.24) is 0 Å². The van der Waals surface area contributed by atoms with Gasteiger partial charge in [0.25, 0.3) is 0 Å². The van der Waals surface area contributed by atoms with Crippen molar-refractivity contribution in [3.8, 4) is 0 Å². The van der Waals surface area contributed by atoms with E-state index in [0.717, 1.165) is 25.7 Å². The molecule has 2 fully saturated rings. The van der Waals surface area contributed by atoms with Crippen molar-refractivity contribution in [2.24, 2.45) is 17.8 Å². The minimum absolute atomic E-state index is 0.0165. The number of aliphatic hydroxyl groups excluding tert-OH is 1. The van der Waals surface area contributed by atoms with Gasteiger partial charge in [-0.05, 0) is 32.1 Å². The lowest BCUT2D eigenvalue weighted by molar-refractivity contribution is -0.165. The van der Waals surface area contributed by atoms with Crippen LogP contribution in [0.4, 0.5) is 0 Å². The molecule has 5 heteroatoms. The summed E-state index contributed by atoms with van der Waals surface area (Å²) in [5.41, 5.74) is 0. The second-order valence-electron chi connectivity index (χ2n) is 6.32. The Bertz CT molecular complexity index is 438. The Kier molecular flexibility index (Phi) is 4.29. The van der Waals surface area contributed by atoms with E-state index >= 15 is 0 Å². The molecule has 21 heavy (non-hydrogen) atoms. The van der Waals surface area contributed by atoms with Crippen LogP contribution in [0, 0.1) is 17.8 Å². The molecular formula is C16H22O5. The number of ether oxygens (including phenoxy) is 2. The van der Waals surface area contributed by atoms with Crippen molar-refractivity contribution in [2.75, 3.05) is 6.61 Å². The molecule has 0 saturated heterocycles. The molecule has 2 saturated carbocycles. The van der Waals surface area contributed by atoms with E-state index in [0.29, 0.717) is 6.42 Å². The molecule has 4 atom stereocenters. The SMILES string of the molecule is O=C(COC(=O)C1CC2C=CC1C2O)OC1CCCCC1. The van der Waals surface area contributed by atoms with Gasteiger partial charge in [-0.2, -0.15) is 0 Å². The van der Waals surface area contributed by atoms with E-state index < -0.39 is 18.0 Å². The summed E-state index contributed by atoms with van der Waals surface area (Å²) in [5, 5.41) is 9.88. The first-order valence-corrected chi connectivity index (χ1v) is 7.87. The topological polar surface area (TPSA) is 72.8 Å². The lowest BCUT2D eigenvalue weighted by Gasteiger charge is -2.22. The summed E-state index contributed by atoms with van der Waals surface area (Å²) in [6.45, 7) is -0.316. The van der Waals surface area contributed by atoms with Gasteiger partial charge in [0.2, 0.25) is 0 Å². The number of carbonyl (C=O) groups is 2. The number of esters is 2. The number of rotatable bonds is 4. The van der Waals surface area contributed by atoms with Crippen LogP contribution < -0.4 is 0 Å². The molecule has 4 unspecified atom stereocenters. The van der Waals surface area contributed by atoms with Crippen LogP contribution in [-0.2, 0) is 19.1 Å². The van der Waals surface area contributed by atoms with Gasteiger partial charge >= 0.3 is 11.9 Å². The summed E-state index contributed by atoms with van der Waals surface area (Å²) in [4.78, 5) is 23.7. The zero-order valence-corrected chi connectivity index (χ0v) is 12.1. The van der Waals surface area contributed by atoms with E-state index in [1.807, 2.05) is 12.2 Å². The third-order valence-electron chi connectivity index (χ3n) is 4.89. The third-order valence-corrected chi connectivity index (χ3v) is 4.89. The molecule has 0 spiro atoms. The summed E-state index contributed by atoms with van der Waals surface area (Å²) in [6, 6.07) is 0. The number of hydrogen-bond donors (Lipinski definition) is 1. The van der Waals surface area contributed by atoms with Crippen LogP contribution in [-0.4, -0.2) is 35.9 Å². The molecule has 116 valence electrons. The summed E-state index contributed by atoms with van der Waals surface area (Å²) in [6.07, 6.45) is 9.14. The van der Waals surface area contributed by atoms with Crippen LogP contribution in [0.2, 0.25) is 0 Å². The highest BCUT2D eigenvalue weighted by Gasteiger charge is 2.47. The van der Waals surface area contributed by atoms with Gasteiger partial charge in [-0.15, -0.1) is 0 Å². The van der Waals surface area contributed by atoms with Crippen molar-refractivity contribution in [1.29, 1.82) is 0 Å². The van der Waals surface area contributed by atoms with Gasteiger partial charge in [0.1, 0.15) is 6.10 Å². The van der Waals surface area contributed by atoms with Gasteiger partial charge in [0, 0.05) is 11.8 Å². The van der Waals surface area contributed by atoms with Gasteiger partial charge in [0.15, 0.2) is 6.61 Å². The van der Waals surface area contributed by atoms with E-state index in [4.69, 9.17) is 9.47 Å². The number of aliphatic hydroxyl groups is 1. The minimum Gasteiger partial charge on any atom is -0.460 e. The van der Waals surface area contributed by atoms with Gasteiger partial charge in [-0.25, -0.2) is 4.79 Å². The van der Waals surface area contributed by atoms with Gasteiger partial charge in [-0.1, -0.05) is 18.6 Å². The van der Waals surface area contributed by atoms with E-state index in [1.165, 1.54) is 6.42 Å². The molecule has 3 rings (SSSR count). The number of carbonyl (C=O) groups excluding carboxylic acids is 2. The average molecular weight is 294 g/mol. The molecule has 2 bridgehead atoms. The van der Waals surface area contributed by atoms with Crippen molar-refractivity contribution >= 4 is 11.9 Å². The largest absolute Gasteiger partial charge is 0.460 e.